The summed E-state index contributed by atoms with van der Waals surface area (Å²) in [6.07, 6.45) is 5.71. The van der Waals surface area contributed by atoms with Crippen LogP contribution in [0.3, 0.4) is 0 Å². The molecule has 0 aliphatic carbocycles. The van der Waals surface area contributed by atoms with Crippen LogP contribution in [0.25, 0.3) is 32.8 Å². The molecule has 2 unspecified atom stereocenters. The van der Waals surface area contributed by atoms with Crippen molar-refractivity contribution in [3.63, 3.8) is 0 Å². The molecule has 6 nitrogen and oxygen atoms in total. The first kappa shape index (κ1) is 25.9. The minimum Gasteiger partial charge on any atom is -0.463 e. The van der Waals surface area contributed by atoms with E-state index < -0.39 is 5.82 Å². The van der Waals surface area contributed by atoms with Gasteiger partial charge in [0.1, 0.15) is 11.3 Å². The lowest BCUT2D eigenvalue weighted by molar-refractivity contribution is 0.250. The van der Waals surface area contributed by atoms with E-state index in [4.69, 9.17) is 21.3 Å². The zero-order valence-electron chi connectivity index (χ0n) is 22.9. The van der Waals surface area contributed by atoms with Gasteiger partial charge in [0.15, 0.2) is 5.82 Å². The number of piperazine rings is 1. The third kappa shape index (κ3) is 4.89. The Balaban J connectivity index is 1.32. The summed E-state index contributed by atoms with van der Waals surface area (Å²) in [5.41, 5.74) is 2.45. The highest BCUT2D eigenvalue weighted by Crippen LogP contribution is 2.42. The van der Waals surface area contributed by atoms with Gasteiger partial charge in [0.25, 0.3) is 0 Å². The van der Waals surface area contributed by atoms with Gasteiger partial charge in [0, 0.05) is 42.7 Å². The van der Waals surface area contributed by atoms with Gasteiger partial charge in [-0.3, -0.25) is 0 Å². The second kappa shape index (κ2) is 10.8. The van der Waals surface area contributed by atoms with Crippen molar-refractivity contribution in [3.05, 3.63) is 58.9 Å². The van der Waals surface area contributed by atoms with Gasteiger partial charge in [0.05, 0.1) is 11.6 Å². The molecule has 0 amide bonds. The third-order valence-corrected chi connectivity index (χ3v) is 8.98. The van der Waals surface area contributed by atoms with Crippen LogP contribution in [0.2, 0.25) is 5.02 Å². The molecular formula is C32H35ClFN5O. The number of fused-ring (bicyclic) bond motifs is 4. The zero-order valence-corrected chi connectivity index (χ0v) is 23.7. The lowest BCUT2D eigenvalue weighted by Crippen LogP contribution is -2.51. The Morgan fingerprint density at radius 2 is 1.80 bits per heavy atom. The van der Waals surface area contributed by atoms with Crippen molar-refractivity contribution in [1.29, 1.82) is 0 Å². The van der Waals surface area contributed by atoms with Crippen LogP contribution in [0.15, 0.2) is 42.5 Å². The van der Waals surface area contributed by atoms with Crippen LogP contribution >= 0.6 is 11.6 Å². The highest BCUT2D eigenvalue weighted by atomic mass is 35.5. The van der Waals surface area contributed by atoms with Crippen LogP contribution in [0.4, 0.5) is 10.2 Å². The number of aromatic nitrogens is 2. The van der Waals surface area contributed by atoms with Crippen molar-refractivity contribution in [3.8, 4) is 17.1 Å². The fourth-order valence-electron chi connectivity index (χ4n) is 6.81. The predicted molar refractivity (Wildman–Crippen MR) is 160 cm³/mol. The SMILES string of the molecule is Cc1cc(-c2c(Cl)cc3c(N4CC5CCC(C4)N5)nc(OCCCN4CCCC4)nc3c2F)c2ccccc2c1. The van der Waals surface area contributed by atoms with Crippen molar-refractivity contribution in [2.45, 2.75) is 51.1 Å². The van der Waals surface area contributed by atoms with E-state index in [9.17, 15) is 0 Å². The molecule has 2 atom stereocenters. The number of nitrogens with zero attached hydrogens (tertiary/aromatic N) is 4. The van der Waals surface area contributed by atoms with Gasteiger partial charge in [-0.05, 0) is 80.1 Å². The number of nitrogens with one attached hydrogen (secondary N) is 1. The Kier molecular flexibility index (Phi) is 6.98. The van der Waals surface area contributed by atoms with Gasteiger partial charge in [0.2, 0.25) is 0 Å². The number of rotatable bonds is 7. The van der Waals surface area contributed by atoms with Gasteiger partial charge < -0.3 is 19.9 Å². The number of ether oxygens (including phenoxy) is 1. The van der Waals surface area contributed by atoms with Crippen LogP contribution in [-0.2, 0) is 0 Å². The van der Waals surface area contributed by atoms with E-state index in [1.165, 1.54) is 12.8 Å². The van der Waals surface area contributed by atoms with Crippen molar-refractivity contribution < 1.29 is 9.13 Å². The normalized spacial score (nSPS) is 21.1. The lowest BCUT2D eigenvalue weighted by atomic mass is 9.94. The number of anilines is 1. The fourth-order valence-corrected chi connectivity index (χ4v) is 7.10. The standard InChI is InChI=1S/C32H35ClFN5O/c1-20-15-21-7-2-3-8-24(21)25(16-20)28-27(33)17-26-30(29(28)34)36-32(40-14-6-13-38-11-4-5-12-38)37-31(26)39-18-22-9-10-23(19-39)35-22/h2-3,7-8,15-17,22-23,35H,4-6,9-14,18-19H2,1H3. The molecule has 2 bridgehead atoms. The average molecular weight is 560 g/mol. The summed E-state index contributed by atoms with van der Waals surface area (Å²) >= 11 is 6.92. The zero-order chi connectivity index (χ0) is 27.2. The van der Waals surface area contributed by atoms with Gasteiger partial charge in [-0.25, -0.2) is 4.39 Å². The van der Waals surface area contributed by atoms with E-state index in [0.29, 0.717) is 40.5 Å². The molecule has 4 heterocycles. The monoisotopic (exact) mass is 559 g/mol. The van der Waals surface area contributed by atoms with Crippen molar-refractivity contribution in [2.24, 2.45) is 0 Å². The number of hydrogen-bond donors (Lipinski definition) is 1. The Labute approximate surface area is 239 Å². The molecule has 40 heavy (non-hydrogen) atoms. The third-order valence-electron chi connectivity index (χ3n) is 8.68. The molecule has 3 fully saturated rings. The Morgan fingerprint density at radius 1 is 1.02 bits per heavy atom. The van der Waals surface area contributed by atoms with Crippen LogP contribution in [0.1, 0.15) is 37.7 Å². The van der Waals surface area contributed by atoms with E-state index in [2.05, 4.69) is 26.2 Å². The minimum atomic E-state index is -0.429. The first-order valence-corrected chi connectivity index (χ1v) is 15.0. The molecule has 3 saturated heterocycles. The first-order chi connectivity index (χ1) is 19.5. The quantitative estimate of drug-likeness (QED) is 0.266. The molecule has 8 heteroatoms. The average Bonchev–Trinajstić information content (AvgIpc) is 3.59. The summed E-state index contributed by atoms with van der Waals surface area (Å²) in [6, 6.07) is 15.0. The number of hydrogen-bond acceptors (Lipinski definition) is 6. The van der Waals surface area contributed by atoms with Crippen molar-refractivity contribution in [1.82, 2.24) is 20.2 Å². The second-order valence-corrected chi connectivity index (χ2v) is 12.0. The highest BCUT2D eigenvalue weighted by molar-refractivity contribution is 6.35. The molecule has 3 aliphatic heterocycles. The Hall–Kier alpha value is -3.00. The first-order valence-electron chi connectivity index (χ1n) is 14.6. The molecule has 7 rings (SSSR count). The van der Waals surface area contributed by atoms with Gasteiger partial charge in [-0.2, -0.15) is 9.97 Å². The summed E-state index contributed by atoms with van der Waals surface area (Å²) in [4.78, 5) is 14.3. The maximum Gasteiger partial charge on any atom is 0.319 e. The van der Waals surface area contributed by atoms with E-state index in [1.807, 2.05) is 43.3 Å². The van der Waals surface area contributed by atoms with Gasteiger partial charge >= 0.3 is 6.01 Å². The second-order valence-electron chi connectivity index (χ2n) is 11.6. The molecule has 3 aromatic carbocycles. The number of likely N-dealkylation sites (tertiary alicyclic amines) is 1. The van der Waals surface area contributed by atoms with E-state index >= 15 is 4.39 Å². The maximum absolute atomic E-state index is 16.7. The fraction of sp³-hybridized carbons (Fsp3) is 0.438. The topological polar surface area (TPSA) is 53.5 Å². The van der Waals surface area contributed by atoms with Gasteiger partial charge in [-0.1, -0.05) is 48.0 Å². The lowest BCUT2D eigenvalue weighted by Gasteiger charge is -2.34. The molecule has 208 valence electrons. The molecular weight excluding hydrogens is 525 g/mol. The van der Waals surface area contributed by atoms with Gasteiger partial charge in [-0.15, -0.1) is 0 Å². The molecule has 1 N–H and O–H groups in total. The van der Waals surface area contributed by atoms with Crippen LogP contribution in [0, 0.1) is 12.7 Å². The number of aryl methyl sites for hydroxylation is 1. The summed E-state index contributed by atoms with van der Waals surface area (Å²) in [6.45, 7) is 7.47. The smallest absolute Gasteiger partial charge is 0.319 e. The van der Waals surface area contributed by atoms with Crippen LogP contribution in [-0.4, -0.2) is 66.3 Å². The van der Waals surface area contributed by atoms with E-state index in [0.717, 1.165) is 73.9 Å². The minimum absolute atomic E-state index is 0.232. The van der Waals surface area contributed by atoms with Crippen molar-refractivity contribution >= 4 is 39.1 Å². The largest absolute Gasteiger partial charge is 0.463 e. The predicted octanol–water partition coefficient (Wildman–Crippen LogP) is 6.36. The summed E-state index contributed by atoms with van der Waals surface area (Å²) in [5, 5.41) is 6.68. The maximum atomic E-state index is 16.7. The Morgan fingerprint density at radius 3 is 2.60 bits per heavy atom. The molecule has 3 aliphatic rings. The summed E-state index contributed by atoms with van der Waals surface area (Å²) in [7, 11) is 0. The molecule has 0 spiro atoms. The summed E-state index contributed by atoms with van der Waals surface area (Å²) < 4.78 is 22.8. The van der Waals surface area contributed by atoms with Crippen LogP contribution in [0.5, 0.6) is 6.01 Å². The summed E-state index contributed by atoms with van der Waals surface area (Å²) in [5.74, 6) is 0.279. The molecule has 1 aromatic heterocycles. The highest BCUT2D eigenvalue weighted by Gasteiger charge is 2.34. The van der Waals surface area contributed by atoms with E-state index in [1.54, 1.807) is 0 Å². The van der Waals surface area contributed by atoms with Crippen LogP contribution < -0.4 is 15.0 Å². The Bertz CT molecular complexity index is 1560. The van der Waals surface area contributed by atoms with Crippen molar-refractivity contribution in [2.75, 3.05) is 44.2 Å². The number of halogens is 2. The number of benzene rings is 3. The molecule has 4 aromatic rings. The molecule has 0 saturated carbocycles. The molecule has 0 radical (unpaired) electrons. The van der Waals surface area contributed by atoms with E-state index in [-0.39, 0.29) is 11.5 Å².